The highest BCUT2D eigenvalue weighted by atomic mass is 16.6. The van der Waals surface area contributed by atoms with E-state index in [4.69, 9.17) is 9.47 Å². The van der Waals surface area contributed by atoms with Gasteiger partial charge in [0.25, 0.3) is 0 Å². The largest absolute Gasteiger partial charge is 0.466 e. The molecule has 1 N–H and O–H groups in total. The Balaban J connectivity index is 1.90. The van der Waals surface area contributed by atoms with Gasteiger partial charge in [0.2, 0.25) is 0 Å². The summed E-state index contributed by atoms with van der Waals surface area (Å²) in [5.74, 6) is -1.97. The monoisotopic (exact) mass is 404 g/mol. The first kappa shape index (κ1) is 21.3. The van der Waals surface area contributed by atoms with Crippen LogP contribution in [0.25, 0.3) is 0 Å². The van der Waals surface area contributed by atoms with Crippen molar-refractivity contribution >= 4 is 17.9 Å². The van der Waals surface area contributed by atoms with Gasteiger partial charge in [0, 0.05) is 29.1 Å². The summed E-state index contributed by atoms with van der Waals surface area (Å²) in [7, 11) is 1.27. The Labute approximate surface area is 170 Å². The second-order valence-corrected chi connectivity index (χ2v) is 8.86. The van der Waals surface area contributed by atoms with E-state index in [9.17, 15) is 19.5 Å². The third-order valence-corrected chi connectivity index (χ3v) is 6.71. The van der Waals surface area contributed by atoms with Crippen LogP contribution in [-0.2, 0) is 28.6 Å². The van der Waals surface area contributed by atoms with Gasteiger partial charge in [-0.2, -0.15) is 0 Å². The normalized spacial score (nSPS) is 35.6. The lowest BCUT2D eigenvalue weighted by Gasteiger charge is -2.59. The zero-order valence-corrected chi connectivity index (χ0v) is 17.3. The third-order valence-electron chi connectivity index (χ3n) is 6.71. The minimum absolute atomic E-state index is 0.00380. The average molecular weight is 404 g/mol. The van der Waals surface area contributed by atoms with Gasteiger partial charge in [-0.3, -0.25) is 0 Å². The maximum atomic E-state index is 12.5. The highest BCUT2D eigenvalue weighted by molar-refractivity contribution is 5.89. The number of esters is 3. The van der Waals surface area contributed by atoms with E-state index in [1.54, 1.807) is 6.08 Å². The fourth-order valence-electron chi connectivity index (χ4n) is 5.46. The van der Waals surface area contributed by atoms with Crippen molar-refractivity contribution in [1.82, 2.24) is 0 Å². The summed E-state index contributed by atoms with van der Waals surface area (Å²) in [6, 6.07) is 0. The second-order valence-electron chi connectivity index (χ2n) is 8.86. The average Bonchev–Trinajstić information content (AvgIpc) is 2.94. The van der Waals surface area contributed by atoms with Gasteiger partial charge in [-0.1, -0.05) is 39.3 Å². The highest BCUT2D eigenvalue weighted by Gasteiger charge is 2.69. The molecular weight excluding hydrogens is 376 g/mol. The van der Waals surface area contributed by atoms with Crippen molar-refractivity contribution in [2.24, 2.45) is 16.7 Å². The van der Waals surface area contributed by atoms with Crippen LogP contribution >= 0.6 is 0 Å². The molecule has 1 saturated carbocycles. The summed E-state index contributed by atoms with van der Waals surface area (Å²) >= 11 is 0. The SMILES string of the molecule is COC(=O)C=CC=CC(=O)OC1C=C2COC(=O)C2(O)C2(C)CCCC(C)(C)C12. The quantitative estimate of drug-likeness (QED) is 0.252. The van der Waals surface area contributed by atoms with Crippen molar-refractivity contribution in [3.63, 3.8) is 0 Å². The van der Waals surface area contributed by atoms with Crippen molar-refractivity contribution < 1.29 is 33.7 Å². The lowest BCUT2D eigenvalue weighted by Crippen LogP contribution is -2.65. The smallest absolute Gasteiger partial charge is 0.343 e. The van der Waals surface area contributed by atoms with Gasteiger partial charge in [0.15, 0.2) is 5.60 Å². The van der Waals surface area contributed by atoms with E-state index in [0.717, 1.165) is 12.8 Å². The summed E-state index contributed by atoms with van der Waals surface area (Å²) in [4.78, 5) is 36.0. The Bertz CT molecular complexity index is 806. The lowest BCUT2D eigenvalue weighted by molar-refractivity contribution is -0.194. The maximum Gasteiger partial charge on any atom is 0.343 e. The van der Waals surface area contributed by atoms with E-state index in [1.165, 1.54) is 31.4 Å². The number of allylic oxidation sites excluding steroid dienone is 2. The van der Waals surface area contributed by atoms with E-state index < -0.39 is 35.0 Å². The van der Waals surface area contributed by atoms with Gasteiger partial charge in [0.05, 0.1) is 7.11 Å². The molecule has 2 fully saturated rings. The molecule has 0 bridgehead atoms. The number of aliphatic hydroxyl groups is 1. The molecule has 7 heteroatoms. The molecule has 0 aromatic heterocycles. The zero-order valence-electron chi connectivity index (χ0n) is 17.3. The van der Waals surface area contributed by atoms with Gasteiger partial charge in [-0.15, -0.1) is 0 Å². The fourth-order valence-corrected chi connectivity index (χ4v) is 5.46. The fraction of sp³-hybridized carbons (Fsp3) is 0.591. The zero-order chi connectivity index (χ0) is 21.4. The number of cyclic esters (lactones) is 1. The molecule has 1 saturated heterocycles. The Kier molecular flexibility index (Phi) is 5.47. The van der Waals surface area contributed by atoms with Crippen LogP contribution in [0, 0.1) is 16.7 Å². The summed E-state index contributed by atoms with van der Waals surface area (Å²) < 4.78 is 15.4. The van der Waals surface area contributed by atoms with Crippen molar-refractivity contribution in [3.05, 3.63) is 36.0 Å². The number of hydrogen-bond donors (Lipinski definition) is 1. The van der Waals surface area contributed by atoms with Crippen molar-refractivity contribution in [3.8, 4) is 0 Å². The van der Waals surface area contributed by atoms with Crippen LogP contribution in [0.2, 0.25) is 0 Å². The van der Waals surface area contributed by atoms with Crippen LogP contribution in [0.4, 0.5) is 0 Å². The molecule has 158 valence electrons. The molecule has 0 spiro atoms. The maximum absolute atomic E-state index is 12.5. The van der Waals surface area contributed by atoms with E-state index in [1.807, 2.05) is 6.92 Å². The number of rotatable bonds is 4. The van der Waals surface area contributed by atoms with Gasteiger partial charge in [-0.25, -0.2) is 14.4 Å². The van der Waals surface area contributed by atoms with E-state index in [2.05, 4.69) is 18.6 Å². The van der Waals surface area contributed by atoms with Crippen LogP contribution in [0.15, 0.2) is 36.0 Å². The predicted octanol–water partition coefficient (Wildman–Crippen LogP) is 2.24. The number of methoxy groups -OCH3 is 1. The van der Waals surface area contributed by atoms with Crippen LogP contribution in [0.5, 0.6) is 0 Å². The summed E-state index contributed by atoms with van der Waals surface area (Å²) in [5.41, 5.74) is -2.28. The molecule has 29 heavy (non-hydrogen) atoms. The van der Waals surface area contributed by atoms with Crippen LogP contribution in [0.1, 0.15) is 40.0 Å². The first-order chi connectivity index (χ1) is 13.6. The van der Waals surface area contributed by atoms with Crippen LogP contribution in [-0.4, -0.2) is 48.4 Å². The van der Waals surface area contributed by atoms with Crippen LogP contribution in [0.3, 0.4) is 0 Å². The van der Waals surface area contributed by atoms with E-state index in [-0.39, 0.29) is 17.9 Å². The topological polar surface area (TPSA) is 99.1 Å². The number of carbonyl (C=O) groups is 3. The van der Waals surface area contributed by atoms with Crippen molar-refractivity contribution in [1.29, 1.82) is 0 Å². The summed E-state index contributed by atoms with van der Waals surface area (Å²) in [5, 5.41) is 11.4. The predicted molar refractivity (Wildman–Crippen MR) is 103 cm³/mol. The molecule has 2 aliphatic carbocycles. The van der Waals surface area contributed by atoms with Gasteiger partial charge < -0.3 is 19.3 Å². The molecular formula is C22H28O7. The molecule has 0 aromatic rings. The molecule has 0 aromatic carbocycles. The third kappa shape index (κ3) is 3.41. The lowest BCUT2D eigenvalue weighted by atomic mass is 9.46. The highest BCUT2D eigenvalue weighted by Crippen LogP contribution is 2.63. The Morgan fingerprint density at radius 3 is 2.48 bits per heavy atom. The molecule has 1 heterocycles. The number of ether oxygens (including phenoxy) is 3. The Morgan fingerprint density at radius 1 is 1.17 bits per heavy atom. The molecule has 1 aliphatic heterocycles. The molecule has 0 amide bonds. The number of hydrogen-bond acceptors (Lipinski definition) is 7. The van der Waals surface area contributed by atoms with Gasteiger partial charge in [0.1, 0.15) is 12.7 Å². The minimum atomic E-state index is -1.68. The standard InChI is InChI=1S/C22H28O7/c1-20(2)10-7-11-21(3)18(20)15(12-14-13-28-19(25)22(14,21)26)29-17(24)9-6-5-8-16(23)27-4/h5-6,8-9,12,15,18,26H,7,10-11,13H2,1-4H3. The number of carbonyl (C=O) groups excluding carboxylic acids is 3. The molecule has 4 atom stereocenters. The summed E-state index contributed by atoms with van der Waals surface area (Å²) in [6.07, 6.45) is 8.69. The Morgan fingerprint density at radius 2 is 1.83 bits per heavy atom. The number of fused-ring (bicyclic) bond motifs is 3. The molecule has 3 rings (SSSR count). The first-order valence-corrected chi connectivity index (χ1v) is 9.80. The van der Waals surface area contributed by atoms with Gasteiger partial charge in [-0.05, 0) is 24.3 Å². The van der Waals surface area contributed by atoms with Gasteiger partial charge >= 0.3 is 17.9 Å². The van der Waals surface area contributed by atoms with Crippen LogP contribution < -0.4 is 0 Å². The molecule has 0 radical (unpaired) electrons. The second kappa shape index (κ2) is 7.44. The molecule has 3 aliphatic rings. The van der Waals surface area contributed by atoms with E-state index in [0.29, 0.717) is 12.0 Å². The molecule has 7 nitrogen and oxygen atoms in total. The first-order valence-electron chi connectivity index (χ1n) is 9.80. The van der Waals surface area contributed by atoms with Crippen molar-refractivity contribution in [2.75, 3.05) is 13.7 Å². The molecule has 4 unspecified atom stereocenters. The summed E-state index contributed by atoms with van der Waals surface area (Å²) in [6.45, 7) is 6.05. The van der Waals surface area contributed by atoms with Crippen molar-refractivity contribution in [2.45, 2.75) is 51.7 Å². The van der Waals surface area contributed by atoms with E-state index >= 15 is 0 Å². The Hall–Kier alpha value is -2.41. The minimum Gasteiger partial charge on any atom is -0.466 e.